The van der Waals surface area contributed by atoms with E-state index in [1.54, 1.807) is 6.92 Å². The number of hydrogen-bond donors (Lipinski definition) is 0. The van der Waals surface area contributed by atoms with Crippen LogP contribution in [0.5, 0.6) is 0 Å². The van der Waals surface area contributed by atoms with Crippen LogP contribution in [0.1, 0.15) is 63.5 Å². The van der Waals surface area contributed by atoms with E-state index in [4.69, 9.17) is 0 Å². The maximum atomic E-state index is 13.9. The van der Waals surface area contributed by atoms with Crippen molar-refractivity contribution >= 4 is 11.8 Å². The molecule has 0 bridgehead atoms. The number of carbonyl (C=O) groups is 2. The first-order valence-electron chi connectivity index (χ1n) is 12.9. The van der Waals surface area contributed by atoms with Gasteiger partial charge in [-0.1, -0.05) is 6.07 Å². The van der Waals surface area contributed by atoms with E-state index in [1.807, 2.05) is 0 Å². The number of carbonyl (C=O) groups excluding carboxylic acids is 2. The zero-order valence-electron chi connectivity index (χ0n) is 22.8. The lowest BCUT2D eigenvalue weighted by Gasteiger charge is -2.41. The molecule has 0 aliphatic carbocycles. The number of hydrogen-bond acceptors (Lipinski definition) is 4. The van der Waals surface area contributed by atoms with Crippen LogP contribution in [0.2, 0.25) is 0 Å². The average molecular weight is 597 g/mol. The molecule has 1 aromatic heterocycles. The van der Waals surface area contributed by atoms with E-state index in [-0.39, 0.29) is 42.6 Å². The highest BCUT2D eigenvalue weighted by molar-refractivity contribution is 5.94. The number of benzene rings is 2. The highest BCUT2D eigenvalue weighted by Crippen LogP contribution is 2.40. The Hall–Kier alpha value is -4.03. The van der Waals surface area contributed by atoms with Gasteiger partial charge in [-0.2, -0.15) is 26.3 Å². The molecule has 3 aromatic rings. The Morgan fingerprint density at radius 3 is 2.12 bits per heavy atom. The number of alkyl halides is 6. The second-order valence-electron chi connectivity index (χ2n) is 10.3. The number of aryl methyl sites for hydroxylation is 1. The second-order valence-corrected chi connectivity index (χ2v) is 10.3. The molecule has 1 aliphatic rings. The average Bonchev–Trinajstić information content (AvgIpc) is 2.94. The SMILES string of the molecule is Cc1cc(F)ccc1[C@H]1CN(C(=O)c2cncnc2)CC[C@@H]1C(=O)N(C)[C@H](C)c1cc(C(F)(F)F)cc(C(F)(F)F)c1. The molecule has 6 nitrogen and oxygen atoms in total. The number of halogens is 7. The van der Waals surface area contributed by atoms with Crippen LogP contribution in [0.25, 0.3) is 0 Å². The van der Waals surface area contributed by atoms with Gasteiger partial charge in [-0.3, -0.25) is 9.59 Å². The molecule has 0 unspecified atom stereocenters. The van der Waals surface area contributed by atoms with E-state index in [0.29, 0.717) is 23.3 Å². The van der Waals surface area contributed by atoms with Crippen LogP contribution in [0, 0.1) is 18.7 Å². The summed E-state index contributed by atoms with van der Waals surface area (Å²) in [6, 6.07) is 4.12. The van der Waals surface area contributed by atoms with Crippen LogP contribution >= 0.6 is 0 Å². The smallest absolute Gasteiger partial charge is 0.339 e. The fourth-order valence-corrected chi connectivity index (χ4v) is 5.29. The molecular formula is C29H27F7N4O2. The predicted octanol–water partition coefficient (Wildman–Crippen LogP) is 6.43. The Labute approximate surface area is 237 Å². The van der Waals surface area contributed by atoms with Crippen LogP contribution in [-0.2, 0) is 17.1 Å². The first-order chi connectivity index (χ1) is 19.6. The van der Waals surface area contributed by atoms with Gasteiger partial charge in [0.1, 0.15) is 12.1 Å². The first-order valence-corrected chi connectivity index (χ1v) is 12.9. The summed E-state index contributed by atoms with van der Waals surface area (Å²) in [6.45, 7) is 3.20. The number of amides is 2. The molecule has 2 heterocycles. The topological polar surface area (TPSA) is 66.4 Å². The highest BCUT2D eigenvalue weighted by Gasteiger charge is 2.41. The minimum absolute atomic E-state index is 0.0376. The van der Waals surface area contributed by atoms with Gasteiger partial charge < -0.3 is 9.80 Å². The summed E-state index contributed by atoms with van der Waals surface area (Å²) >= 11 is 0. The molecule has 1 fully saturated rings. The molecule has 42 heavy (non-hydrogen) atoms. The lowest BCUT2D eigenvalue weighted by molar-refractivity contribution is -0.143. The third-order valence-corrected chi connectivity index (χ3v) is 7.68. The molecule has 0 spiro atoms. The molecule has 224 valence electrons. The molecule has 2 aromatic carbocycles. The molecular weight excluding hydrogens is 569 g/mol. The van der Waals surface area contributed by atoms with Crippen molar-refractivity contribution in [3.63, 3.8) is 0 Å². The zero-order valence-corrected chi connectivity index (χ0v) is 22.8. The standard InChI is InChI=1S/C29H27F7N4O2/c1-16-8-22(30)4-5-23(16)25-14-40(26(41)19-12-37-15-38-13-19)7-6-24(25)27(42)39(3)17(2)18-9-20(28(31,32)33)11-21(10-18)29(34,35)36/h4-5,8-13,15,17,24-25H,6-7,14H2,1-3H3/t17-,24+,25-/m1/s1. The van der Waals surface area contributed by atoms with Crippen LogP contribution in [0.15, 0.2) is 55.1 Å². The van der Waals surface area contributed by atoms with Gasteiger partial charge in [0.15, 0.2) is 0 Å². The van der Waals surface area contributed by atoms with Crippen molar-refractivity contribution in [2.75, 3.05) is 20.1 Å². The van der Waals surface area contributed by atoms with E-state index in [9.17, 15) is 40.3 Å². The van der Waals surface area contributed by atoms with E-state index in [0.717, 1.165) is 4.90 Å². The van der Waals surface area contributed by atoms with E-state index >= 15 is 0 Å². The van der Waals surface area contributed by atoms with Gasteiger partial charge in [-0.15, -0.1) is 0 Å². The quantitative estimate of drug-likeness (QED) is 0.319. The van der Waals surface area contributed by atoms with Crippen molar-refractivity contribution in [3.05, 3.63) is 94.3 Å². The summed E-state index contributed by atoms with van der Waals surface area (Å²) in [7, 11) is 1.31. The maximum Gasteiger partial charge on any atom is 0.416 e. The number of piperidine rings is 1. The van der Waals surface area contributed by atoms with Crippen molar-refractivity contribution in [2.45, 2.75) is 44.6 Å². The van der Waals surface area contributed by atoms with Crippen molar-refractivity contribution < 1.29 is 40.3 Å². The minimum atomic E-state index is -5.04. The van der Waals surface area contributed by atoms with Gasteiger partial charge in [0.05, 0.1) is 22.7 Å². The summed E-state index contributed by atoms with van der Waals surface area (Å²) < 4.78 is 94.7. The molecule has 13 heteroatoms. The van der Waals surface area contributed by atoms with Crippen molar-refractivity contribution in [2.24, 2.45) is 5.92 Å². The van der Waals surface area contributed by atoms with Crippen molar-refractivity contribution in [3.8, 4) is 0 Å². The molecule has 1 saturated heterocycles. The lowest BCUT2D eigenvalue weighted by atomic mass is 9.78. The molecule has 4 rings (SSSR count). The molecule has 0 N–H and O–H groups in total. The molecule has 3 atom stereocenters. The van der Waals surface area contributed by atoms with E-state index in [2.05, 4.69) is 9.97 Å². The number of aromatic nitrogens is 2. The predicted molar refractivity (Wildman–Crippen MR) is 138 cm³/mol. The molecule has 2 amide bonds. The number of likely N-dealkylation sites (tertiary alicyclic amines) is 1. The van der Waals surface area contributed by atoms with Crippen molar-refractivity contribution in [1.29, 1.82) is 0 Å². The normalized spacial score (nSPS) is 18.5. The third kappa shape index (κ3) is 6.55. The fourth-order valence-electron chi connectivity index (χ4n) is 5.29. The monoisotopic (exact) mass is 596 g/mol. The van der Waals surface area contributed by atoms with Crippen LogP contribution in [-0.4, -0.2) is 51.7 Å². The molecule has 0 saturated carbocycles. The summed E-state index contributed by atoms with van der Waals surface area (Å²) in [5, 5.41) is 0. The van der Waals surface area contributed by atoms with Crippen LogP contribution in [0.3, 0.4) is 0 Å². The van der Waals surface area contributed by atoms with E-state index < -0.39 is 53.1 Å². The summed E-state index contributed by atoms with van der Waals surface area (Å²) in [5.74, 6) is -2.85. The lowest BCUT2D eigenvalue weighted by Crippen LogP contribution is -2.48. The van der Waals surface area contributed by atoms with Gasteiger partial charge in [0.2, 0.25) is 5.91 Å². The Bertz CT molecular complexity index is 1430. The Balaban J connectivity index is 1.67. The Morgan fingerprint density at radius 2 is 1.57 bits per heavy atom. The van der Waals surface area contributed by atoms with Gasteiger partial charge in [-0.05, 0) is 67.3 Å². The maximum absolute atomic E-state index is 13.9. The summed E-state index contributed by atoms with van der Waals surface area (Å²) in [6.07, 6.45) is -5.95. The first kappa shape index (κ1) is 30.9. The van der Waals surface area contributed by atoms with Crippen LogP contribution < -0.4 is 0 Å². The second kappa shape index (κ2) is 11.7. The van der Waals surface area contributed by atoms with Gasteiger partial charge in [0.25, 0.3) is 5.91 Å². The largest absolute Gasteiger partial charge is 0.416 e. The van der Waals surface area contributed by atoms with E-state index in [1.165, 1.54) is 55.8 Å². The van der Waals surface area contributed by atoms with Gasteiger partial charge in [-0.25, -0.2) is 14.4 Å². The van der Waals surface area contributed by atoms with Gasteiger partial charge >= 0.3 is 12.4 Å². The summed E-state index contributed by atoms with van der Waals surface area (Å²) in [4.78, 5) is 37.4. The number of nitrogens with zero attached hydrogens (tertiary/aromatic N) is 4. The molecule has 1 aliphatic heterocycles. The fraction of sp³-hybridized carbons (Fsp3) is 0.379. The minimum Gasteiger partial charge on any atom is -0.339 e. The zero-order chi connectivity index (χ0) is 31.0. The Kier molecular flexibility index (Phi) is 8.60. The highest BCUT2D eigenvalue weighted by atomic mass is 19.4. The Morgan fingerprint density at radius 1 is 0.976 bits per heavy atom. The molecule has 0 radical (unpaired) electrons. The van der Waals surface area contributed by atoms with Crippen LogP contribution in [0.4, 0.5) is 30.7 Å². The number of rotatable bonds is 5. The van der Waals surface area contributed by atoms with Gasteiger partial charge in [0, 0.05) is 44.4 Å². The third-order valence-electron chi connectivity index (χ3n) is 7.68. The van der Waals surface area contributed by atoms with Crippen molar-refractivity contribution in [1.82, 2.24) is 19.8 Å². The summed E-state index contributed by atoms with van der Waals surface area (Å²) in [5.41, 5.74) is -1.94.